The minimum atomic E-state index is -3.45. The van der Waals surface area contributed by atoms with Crippen molar-refractivity contribution in [3.05, 3.63) is 53.9 Å². The van der Waals surface area contributed by atoms with Gasteiger partial charge in [-0.05, 0) is 54.3 Å². The van der Waals surface area contributed by atoms with Gasteiger partial charge >= 0.3 is 0 Å². The average Bonchev–Trinajstić information content (AvgIpc) is 3.04. The molecule has 2 heterocycles. The number of hydrogen-bond acceptors (Lipinski definition) is 4. The number of benzene rings is 1. The number of fused-ring (bicyclic) bond motifs is 1. The van der Waals surface area contributed by atoms with Gasteiger partial charge in [-0.1, -0.05) is 6.92 Å². The van der Waals surface area contributed by atoms with Crippen LogP contribution in [-0.4, -0.2) is 37.3 Å². The van der Waals surface area contributed by atoms with Gasteiger partial charge in [0.2, 0.25) is 10.0 Å². The Morgan fingerprint density at radius 2 is 2.00 bits per heavy atom. The summed E-state index contributed by atoms with van der Waals surface area (Å²) in [4.78, 5) is 4.37. The van der Waals surface area contributed by atoms with Crippen molar-refractivity contribution < 1.29 is 8.42 Å². The van der Waals surface area contributed by atoms with Crippen LogP contribution in [0.1, 0.15) is 18.1 Å². The van der Waals surface area contributed by atoms with Crippen molar-refractivity contribution in [2.45, 2.75) is 24.7 Å². The Morgan fingerprint density at radius 1 is 1.22 bits per heavy atom. The number of nitrogens with zero attached hydrogens (tertiary/aromatic N) is 2. The summed E-state index contributed by atoms with van der Waals surface area (Å²) in [7, 11) is -3.45. The molecule has 1 aromatic carbocycles. The first-order chi connectivity index (χ1) is 11.1. The molecule has 1 aliphatic rings. The second-order valence-electron chi connectivity index (χ2n) is 5.60. The van der Waals surface area contributed by atoms with Gasteiger partial charge in [-0.2, -0.15) is 4.31 Å². The van der Waals surface area contributed by atoms with E-state index < -0.39 is 10.0 Å². The molecule has 23 heavy (non-hydrogen) atoms. The van der Waals surface area contributed by atoms with Crippen LogP contribution in [-0.2, 0) is 22.9 Å². The quantitative estimate of drug-likeness (QED) is 0.882. The average molecular weight is 331 g/mol. The lowest BCUT2D eigenvalue weighted by molar-refractivity contribution is 0.431. The van der Waals surface area contributed by atoms with Gasteiger partial charge in [0.1, 0.15) is 0 Å². The second-order valence-corrected chi connectivity index (χ2v) is 7.54. The van der Waals surface area contributed by atoms with E-state index in [0.29, 0.717) is 24.4 Å². The van der Waals surface area contributed by atoms with Gasteiger partial charge in [0, 0.05) is 37.7 Å². The zero-order chi connectivity index (χ0) is 16.3. The Kier molecular flexibility index (Phi) is 4.63. The van der Waals surface area contributed by atoms with Gasteiger partial charge in [0.25, 0.3) is 0 Å². The van der Waals surface area contributed by atoms with Crippen LogP contribution in [0.5, 0.6) is 0 Å². The highest BCUT2D eigenvalue weighted by molar-refractivity contribution is 7.89. The molecule has 0 radical (unpaired) electrons. The van der Waals surface area contributed by atoms with Gasteiger partial charge in [-0.3, -0.25) is 4.98 Å². The standard InChI is InChI=1S/C17H21N3O2S/c1-2-20(12-8-14-5-9-18-10-6-14)23(21,22)16-3-4-17-15(13-16)7-11-19-17/h3-6,9-10,13,19H,2,7-8,11-12H2,1H3. The summed E-state index contributed by atoms with van der Waals surface area (Å²) < 4.78 is 27.3. The van der Waals surface area contributed by atoms with Crippen LogP contribution < -0.4 is 5.32 Å². The highest BCUT2D eigenvalue weighted by Crippen LogP contribution is 2.26. The largest absolute Gasteiger partial charge is 0.384 e. The van der Waals surface area contributed by atoms with E-state index in [4.69, 9.17) is 0 Å². The van der Waals surface area contributed by atoms with Crippen molar-refractivity contribution in [1.82, 2.24) is 9.29 Å². The number of hydrogen-bond donors (Lipinski definition) is 1. The topological polar surface area (TPSA) is 62.3 Å². The molecule has 1 aromatic heterocycles. The molecular weight excluding hydrogens is 310 g/mol. The number of sulfonamides is 1. The predicted molar refractivity (Wildman–Crippen MR) is 91.0 cm³/mol. The van der Waals surface area contributed by atoms with Crippen molar-refractivity contribution in [3.8, 4) is 0 Å². The third kappa shape index (κ3) is 3.38. The normalized spacial score (nSPS) is 13.8. The Hall–Kier alpha value is -1.92. The van der Waals surface area contributed by atoms with E-state index in [9.17, 15) is 8.42 Å². The van der Waals surface area contributed by atoms with Crippen molar-refractivity contribution >= 4 is 15.7 Å². The van der Waals surface area contributed by atoms with Gasteiger partial charge in [0.05, 0.1) is 4.90 Å². The molecule has 6 heteroatoms. The van der Waals surface area contributed by atoms with E-state index in [0.717, 1.165) is 29.8 Å². The monoisotopic (exact) mass is 331 g/mol. The molecule has 1 aliphatic heterocycles. The lowest BCUT2D eigenvalue weighted by Crippen LogP contribution is -2.32. The molecule has 0 atom stereocenters. The molecule has 0 spiro atoms. The molecule has 0 aliphatic carbocycles. The van der Waals surface area contributed by atoms with E-state index >= 15 is 0 Å². The molecule has 0 bridgehead atoms. The Labute approximate surface area is 137 Å². The third-order valence-electron chi connectivity index (χ3n) is 4.18. The summed E-state index contributed by atoms with van der Waals surface area (Å²) in [6.07, 6.45) is 5.02. The number of rotatable bonds is 6. The van der Waals surface area contributed by atoms with Crippen molar-refractivity contribution in [3.63, 3.8) is 0 Å². The first-order valence-corrected chi connectivity index (χ1v) is 9.31. The lowest BCUT2D eigenvalue weighted by atomic mass is 10.2. The van der Waals surface area contributed by atoms with Crippen LogP contribution in [0.4, 0.5) is 5.69 Å². The van der Waals surface area contributed by atoms with Crippen LogP contribution in [0, 0.1) is 0 Å². The number of likely N-dealkylation sites (N-methyl/N-ethyl adjacent to an activating group) is 1. The summed E-state index contributed by atoms with van der Waals surface area (Å²) >= 11 is 0. The highest BCUT2D eigenvalue weighted by Gasteiger charge is 2.24. The number of pyridine rings is 1. The van der Waals surface area contributed by atoms with Crippen LogP contribution in [0.3, 0.4) is 0 Å². The fraction of sp³-hybridized carbons (Fsp3) is 0.353. The van der Waals surface area contributed by atoms with Crippen molar-refractivity contribution in [1.29, 1.82) is 0 Å². The Morgan fingerprint density at radius 3 is 2.74 bits per heavy atom. The maximum absolute atomic E-state index is 12.9. The number of aromatic nitrogens is 1. The summed E-state index contributed by atoms with van der Waals surface area (Å²) in [6, 6.07) is 9.20. The molecule has 1 N–H and O–H groups in total. The fourth-order valence-electron chi connectivity index (χ4n) is 2.84. The van der Waals surface area contributed by atoms with Gasteiger partial charge in [-0.25, -0.2) is 8.42 Å². The molecule has 5 nitrogen and oxygen atoms in total. The molecule has 3 rings (SSSR count). The van der Waals surface area contributed by atoms with Crippen molar-refractivity contribution in [2.75, 3.05) is 25.0 Å². The van der Waals surface area contributed by atoms with E-state index in [1.165, 1.54) is 4.31 Å². The molecule has 0 unspecified atom stereocenters. The minimum absolute atomic E-state index is 0.386. The zero-order valence-corrected chi connectivity index (χ0v) is 14.0. The molecule has 0 saturated heterocycles. The molecular formula is C17H21N3O2S. The van der Waals surface area contributed by atoms with E-state index in [2.05, 4.69) is 10.3 Å². The lowest BCUT2D eigenvalue weighted by Gasteiger charge is -2.21. The van der Waals surface area contributed by atoms with Gasteiger partial charge in [-0.15, -0.1) is 0 Å². The summed E-state index contributed by atoms with van der Waals surface area (Å²) in [6.45, 7) is 3.68. The minimum Gasteiger partial charge on any atom is -0.384 e. The van der Waals surface area contributed by atoms with Crippen molar-refractivity contribution in [2.24, 2.45) is 0 Å². The smallest absolute Gasteiger partial charge is 0.243 e. The first kappa shape index (κ1) is 16.0. The molecule has 0 amide bonds. The zero-order valence-electron chi connectivity index (χ0n) is 13.2. The predicted octanol–water partition coefficient (Wildman–Crippen LogP) is 2.30. The van der Waals surface area contributed by atoms with E-state index in [-0.39, 0.29) is 0 Å². The molecule has 0 saturated carbocycles. The van der Waals surface area contributed by atoms with E-state index in [1.54, 1.807) is 24.5 Å². The maximum Gasteiger partial charge on any atom is 0.243 e. The van der Waals surface area contributed by atoms with Crippen LogP contribution >= 0.6 is 0 Å². The molecule has 122 valence electrons. The summed E-state index contributed by atoms with van der Waals surface area (Å²) in [5.74, 6) is 0. The number of nitrogens with one attached hydrogen (secondary N) is 1. The first-order valence-electron chi connectivity index (χ1n) is 7.87. The fourth-order valence-corrected chi connectivity index (χ4v) is 4.34. The molecule has 0 fully saturated rings. The van der Waals surface area contributed by atoms with Crippen LogP contribution in [0.15, 0.2) is 47.6 Å². The Balaban J connectivity index is 1.79. The van der Waals surface area contributed by atoms with Crippen LogP contribution in [0.25, 0.3) is 0 Å². The maximum atomic E-state index is 12.9. The Bertz CT molecular complexity index is 776. The number of anilines is 1. The van der Waals surface area contributed by atoms with Gasteiger partial charge in [0.15, 0.2) is 0 Å². The summed E-state index contributed by atoms with van der Waals surface area (Å²) in [5.41, 5.74) is 3.21. The van der Waals surface area contributed by atoms with Gasteiger partial charge < -0.3 is 5.32 Å². The summed E-state index contributed by atoms with van der Waals surface area (Å²) in [5, 5.41) is 3.25. The second kappa shape index (κ2) is 6.68. The SMILES string of the molecule is CCN(CCc1ccncc1)S(=O)(=O)c1ccc2c(c1)CCN2. The molecule has 2 aromatic rings. The highest BCUT2D eigenvalue weighted by atomic mass is 32.2. The van der Waals surface area contributed by atoms with E-state index in [1.807, 2.05) is 25.1 Å². The third-order valence-corrected chi connectivity index (χ3v) is 6.15. The van der Waals surface area contributed by atoms with Crippen LogP contribution in [0.2, 0.25) is 0 Å².